The maximum Gasteiger partial charge on any atom is 0.335 e. The molecule has 0 spiro atoms. The molecule has 8 heteroatoms. The Kier molecular flexibility index (Phi) is 7.84. The van der Waals surface area contributed by atoms with E-state index in [1.54, 1.807) is 24.3 Å². The highest BCUT2D eigenvalue weighted by Gasteiger charge is 2.25. The van der Waals surface area contributed by atoms with Gasteiger partial charge in [0.15, 0.2) is 0 Å². The molecule has 1 aliphatic rings. The Labute approximate surface area is 227 Å². The van der Waals surface area contributed by atoms with Crippen molar-refractivity contribution in [1.29, 1.82) is 0 Å². The number of aromatic nitrogens is 2. The first-order valence-electron chi connectivity index (χ1n) is 13.5. The zero-order valence-electron chi connectivity index (χ0n) is 22.6. The number of carboxylic acids is 1. The molecule has 0 saturated carbocycles. The standard InChI is InChI=1S/C31H34FN3O4/c1-4-38-28-16-21(17-29(39-5-2)30(28)22-6-9-24(32)10-7-22)19-34-14-12-25(13-15-34)35-20(3)33-26-18-23(31(36)37)8-11-27(26)35/h6-11,16-18,25H,4-5,12-15,19H2,1-3H3,(H,36,37). The van der Waals surface area contributed by atoms with Crippen LogP contribution in [0.25, 0.3) is 22.2 Å². The lowest BCUT2D eigenvalue weighted by molar-refractivity contribution is 0.0697. The van der Waals surface area contributed by atoms with Crippen molar-refractivity contribution in [3.05, 3.63) is 77.4 Å². The van der Waals surface area contributed by atoms with E-state index in [4.69, 9.17) is 9.47 Å². The molecule has 39 heavy (non-hydrogen) atoms. The number of benzene rings is 3. The first kappa shape index (κ1) is 26.7. The summed E-state index contributed by atoms with van der Waals surface area (Å²) < 4.78 is 27.9. The first-order chi connectivity index (χ1) is 18.9. The van der Waals surface area contributed by atoms with Crippen molar-refractivity contribution in [3.63, 3.8) is 0 Å². The number of nitrogens with zero attached hydrogens (tertiary/aromatic N) is 3. The topological polar surface area (TPSA) is 76.8 Å². The van der Waals surface area contributed by atoms with E-state index in [-0.39, 0.29) is 11.4 Å². The Morgan fingerprint density at radius 3 is 2.23 bits per heavy atom. The predicted molar refractivity (Wildman–Crippen MR) is 149 cm³/mol. The summed E-state index contributed by atoms with van der Waals surface area (Å²) in [5.41, 5.74) is 4.77. The number of piperidine rings is 1. The predicted octanol–water partition coefficient (Wildman–Crippen LogP) is 6.48. The minimum atomic E-state index is -0.942. The molecule has 7 nitrogen and oxygen atoms in total. The number of ether oxygens (including phenoxy) is 2. The van der Waals surface area contributed by atoms with E-state index in [0.717, 1.165) is 77.5 Å². The summed E-state index contributed by atoms with van der Waals surface area (Å²) in [5.74, 6) is 1.16. The van der Waals surface area contributed by atoms with E-state index in [1.165, 1.54) is 12.1 Å². The molecule has 0 radical (unpaired) electrons. The SMILES string of the molecule is CCOc1cc(CN2CCC(n3c(C)nc4cc(C(=O)O)ccc43)CC2)cc(OCC)c1-c1ccc(F)cc1. The number of carbonyl (C=O) groups is 1. The van der Waals surface area contributed by atoms with Crippen LogP contribution in [0.1, 0.15) is 54.5 Å². The van der Waals surface area contributed by atoms with Gasteiger partial charge >= 0.3 is 5.97 Å². The number of imidazole rings is 1. The number of aromatic carboxylic acids is 1. The van der Waals surface area contributed by atoms with E-state index >= 15 is 0 Å². The average molecular weight is 532 g/mol. The van der Waals surface area contributed by atoms with E-state index in [1.807, 2.05) is 26.8 Å². The van der Waals surface area contributed by atoms with E-state index < -0.39 is 5.97 Å². The molecule has 4 aromatic rings. The molecule has 0 bridgehead atoms. The number of hydrogen-bond donors (Lipinski definition) is 1. The Morgan fingerprint density at radius 1 is 1.00 bits per heavy atom. The van der Waals surface area contributed by atoms with Crippen LogP contribution in [0.4, 0.5) is 4.39 Å². The van der Waals surface area contributed by atoms with Crippen LogP contribution in [0.3, 0.4) is 0 Å². The summed E-state index contributed by atoms with van der Waals surface area (Å²) >= 11 is 0. The van der Waals surface area contributed by atoms with Crippen LogP contribution in [0.2, 0.25) is 0 Å². The summed E-state index contributed by atoms with van der Waals surface area (Å²) in [7, 11) is 0. The van der Waals surface area contributed by atoms with Crippen molar-refractivity contribution in [1.82, 2.24) is 14.5 Å². The molecular weight excluding hydrogens is 497 g/mol. The van der Waals surface area contributed by atoms with E-state index in [0.29, 0.717) is 19.3 Å². The highest BCUT2D eigenvalue weighted by atomic mass is 19.1. The summed E-state index contributed by atoms with van der Waals surface area (Å²) in [5, 5.41) is 9.33. The number of halogens is 1. The molecule has 5 rings (SSSR count). The monoisotopic (exact) mass is 531 g/mol. The fraction of sp³-hybridized carbons (Fsp3) is 0.355. The van der Waals surface area contributed by atoms with Gasteiger partial charge in [-0.15, -0.1) is 0 Å². The molecule has 3 aromatic carbocycles. The van der Waals surface area contributed by atoms with Crippen molar-refractivity contribution in [2.24, 2.45) is 0 Å². The Hall–Kier alpha value is -3.91. The Balaban J connectivity index is 1.35. The van der Waals surface area contributed by atoms with Crippen molar-refractivity contribution >= 4 is 17.0 Å². The van der Waals surface area contributed by atoms with Gasteiger partial charge in [0.2, 0.25) is 0 Å². The molecule has 1 aromatic heterocycles. The fourth-order valence-electron chi connectivity index (χ4n) is 5.58. The molecule has 204 valence electrons. The molecule has 1 N–H and O–H groups in total. The van der Waals surface area contributed by atoms with Crippen LogP contribution in [0.5, 0.6) is 11.5 Å². The third kappa shape index (κ3) is 5.61. The Bertz CT molecular complexity index is 1450. The van der Waals surface area contributed by atoms with Gasteiger partial charge in [-0.2, -0.15) is 0 Å². The van der Waals surface area contributed by atoms with Crippen LogP contribution in [0.15, 0.2) is 54.6 Å². The minimum absolute atomic E-state index is 0.255. The van der Waals surface area contributed by atoms with Gasteiger partial charge < -0.3 is 19.1 Å². The van der Waals surface area contributed by atoms with Gasteiger partial charge in [0, 0.05) is 25.7 Å². The smallest absolute Gasteiger partial charge is 0.335 e. The molecule has 0 atom stereocenters. The maximum atomic E-state index is 13.6. The minimum Gasteiger partial charge on any atom is -0.493 e. The molecule has 0 aliphatic carbocycles. The molecule has 0 unspecified atom stereocenters. The molecule has 1 saturated heterocycles. The fourth-order valence-corrected chi connectivity index (χ4v) is 5.58. The van der Waals surface area contributed by atoms with Crippen molar-refractivity contribution in [2.75, 3.05) is 26.3 Å². The second-order valence-electron chi connectivity index (χ2n) is 9.88. The summed E-state index contributed by atoms with van der Waals surface area (Å²) in [4.78, 5) is 18.5. The van der Waals surface area contributed by atoms with Crippen LogP contribution in [0, 0.1) is 12.7 Å². The van der Waals surface area contributed by atoms with E-state index in [2.05, 4.69) is 26.6 Å². The number of aryl methyl sites for hydroxylation is 1. The zero-order chi connectivity index (χ0) is 27.5. The van der Waals surface area contributed by atoms with Crippen molar-refractivity contribution in [3.8, 4) is 22.6 Å². The number of likely N-dealkylation sites (tertiary alicyclic amines) is 1. The average Bonchev–Trinajstić information content (AvgIpc) is 3.25. The van der Waals surface area contributed by atoms with Gasteiger partial charge in [-0.3, -0.25) is 4.90 Å². The molecule has 1 fully saturated rings. The molecular formula is C31H34FN3O4. The first-order valence-corrected chi connectivity index (χ1v) is 13.5. The molecule has 1 aliphatic heterocycles. The lowest BCUT2D eigenvalue weighted by atomic mass is 9.99. The summed E-state index contributed by atoms with van der Waals surface area (Å²) in [6.07, 6.45) is 1.94. The van der Waals surface area contributed by atoms with E-state index in [9.17, 15) is 14.3 Å². The quantitative estimate of drug-likeness (QED) is 0.266. The third-order valence-corrected chi connectivity index (χ3v) is 7.30. The van der Waals surface area contributed by atoms with Gasteiger partial charge in [-0.25, -0.2) is 14.2 Å². The van der Waals surface area contributed by atoms with Crippen molar-refractivity contribution < 1.29 is 23.8 Å². The second kappa shape index (κ2) is 11.5. The summed E-state index contributed by atoms with van der Waals surface area (Å²) in [6.45, 7) is 9.53. The third-order valence-electron chi connectivity index (χ3n) is 7.30. The maximum absolute atomic E-state index is 13.6. The Morgan fingerprint density at radius 2 is 1.64 bits per heavy atom. The van der Waals surface area contributed by atoms with Crippen molar-refractivity contribution in [2.45, 2.75) is 46.2 Å². The van der Waals surface area contributed by atoms with Crippen LogP contribution < -0.4 is 9.47 Å². The lowest BCUT2D eigenvalue weighted by Crippen LogP contribution is -2.34. The molecule has 2 heterocycles. The van der Waals surface area contributed by atoms with Gasteiger partial charge in [-0.1, -0.05) is 12.1 Å². The highest BCUT2D eigenvalue weighted by molar-refractivity contribution is 5.92. The van der Waals surface area contributed by atoms with Gasteiger partial charge in [0.25, 0.3) is 0 Å². The largest absolute Gasteiger partial charge is 0.493 e. The molecule has 0 amide bonds. The second-order valence-corrected chi connectivity index (χ2v) is 9.88. The lowest BCUT2D eigenvalue weighted by Gasteiger charge is -2.33. The van der Waals surface area contributed by atoms with Gasteiger partial charge in [-0.05, 0) is 87.2 Å². The van der Waals surface area contributed by atoms with Crippen LogP contribution >= 0.6 is 0 Å². The van der Waals surface area contributed by atoms with Crippen LogP contribution in [-0.2, 0) is 6.54 Å². The number of rotatable bonds is 9. The summed E-state index contributed by atoms with van der Waals surface area (Å²) in [6, 6.07) is 16.0. The van der Waals surface area contributed by atoms with Gasteiger partial charge in [0.1, 0.15) is 23.1 Å². The number of hydrogen-bond acceptors (Lipinski definition) is 5. The highest BCUT2D eigenvalue weighted by Crippen LogP contribution is 2.41. The number of fused-ring (bicyclic) bond motifs is 1. The zero-order valence-corrected chi connectivity index (χ0v) is 22.6. The number of carboxylic acid groups (broad SMARTS) is 1. The van der Waals surface area contributed by atoms with Gasteiger partial charge in [0.05, 0.1) is 35.4 Å². The van der Waals surface area contributed by atoms with Crippen LogP contribution in [-0.4, -0.2) is 51.8 Å². The normalized spacial score (nSPS) is 14.6.